The van der Waals surface area contributed by atoms with Crippen LogP contribution in [0.15, 0.2) is 48.4 Å². The van der Waals surface area contributed by atoms with E-state index in [2.05, 4.69) is 20.6 Å². The van der Waals surface area contributed by atoms with E-state index in [9.17, 15) is 14.4 Å². The molecule has 0 fully saturated rings. The van der Waals surface area contributed by atoms with Crippen LogP contribution in [0.3, 0.4) is 0 Å². The van der Waals surface area contributed by atoms with E-state index in [0.717, 1.165) is 6.08 Å². The fourth-order valence-corrected chi connectivity index (χ4v) is 2.28. The number of aromatic nitrogens is 2. The van der Waals surface area contributed by atoms with E-state index in [0.29, 0.717) is 11.4 Å². The second-order valence-corrected chi connectivity index (χ2v) is 5.14. The maximum atomic E-state index is 12.3. The summed E-state index contributed by atoms with van der Waals surface area (Å²) < 4.78 is 5.10. The van der Waals surface area contributed by atoms with Crippen molar-refractivity contribution in [3.63, 3.8) is 0 Å². The van der Waals surface area contributed by atoms with Crippen molar-refractivity contribution in [3.8, 4) is 5.75 Å². The number of nitrogens with one attached hydrogen (secondary N) is 2. The average molecular weight is 338 g/mol. The summed E-state index contributed by atoms with van der Waals surface area (Å²) in [5, 5.41) is 5.34. The molecule has 2 N–H and O–H groups in total. The topological polar surface area (TPSA) is 110 Å². The van der Waals surface area contributed by atoms with Crippen molar-refractivity contribution in [3.05, 3.63) is 59.8 Å². The van der Waals surface area contributed by atoms with Crippen molar-refractivity contribution in [2.45, 2.75) is 0 Å². The van der Waals surface area contributed by atoms with Crippen LogP contribution in [0.5, 0.6) is 5.75 Å². The van der Waals surface area contributed by atoms with Crippen molar-refractivity contribution in [1.29, 1.82) is 0 Å². The molecule has 0 saturated carbocycles. The Morgan fingerprint density at radius 1 is 1.16 bits per heavy atom. The number of anilines is 1. The molecule has 8 heteroatoms. The number of fused-ring (bicyclic) bond motifs is 1. The highest BCUT2D eigenvalue weighted by atomic mass is 16.5. The second kappa shape index (κ2) is 6.91. The third kappa shape index (κ3) is 3.52. The molecule has 0 saturated heterocycles. The maximum absolute atomic E-state index is 12.3. The normalized spacial score (nSPS) is 12.9. The first-order valence-electron chi connectivity index (χ1n) is 7.38. The largest absolute Gasteiger partial charge is 0.497 e. The van der Waals surface area contributed by atoms with Crippen molar-refractivity contribution in [2.75, 3.05) is 19.0 Å². The lowest BCUT2D eigenvalue weighted by molar-refractivity contribution is -0.118. The predicted octanol–water partition coefficient (Wildman–Crippen LogP) is 0.976. The minimum Gasteiger partial charge on any atom is -0.497 e. The number of methoxy groups -OCH3 is 1. The van der Waals surface area contributed by atoms with Gasteiger partial charge < -0.3 is 15.4 Å². The zero-order valence-corrected chi connectivity index (χ0v) is 13.3. The first kappa shape index (κ1) is 16.3. The third-order valence-corrected chi connectivity index (χ3v) is 3.46. The number of ketones is 2. The van der Waals surface area contributed by atoms with Crippen LogP contribution in [0.1, 0.15) is 21.0 Å². The molecular weight excluding hydrogens is 324 g/mol. The molecule has 1 aromatic carbocycles. The van der Waals surface area contributed by atoms with Crippen LogP contribution in [0.2, 0.25) is 0 Å². The third-order valence-electron chi connectivity index (χ3n) is 3.46. The Hall–Kier alpha value is -3.55. The Bertz CT molecular complexity index is 892. The number of amides is 1. The second-order valence-electron chi connectivity index (χ2n) is 5.14. The molecule has 3 rings (SSSR count). The Labute approximate surface area is 142 Å². The molecule has 0 bridgehead atoms. The van der Waals surface area contributed by atoms with Gasteiger partial charge in [0.05, 0.1) is 19.4 Å². The molecule has 0 radical (unpaired) electrons. The summed E-state index contributed by atoms with van der Waals surface area (Å²) in [4.78, 5) is 44.0. The summed E-state index contributed by atoms with van der Waals surface area (Å²) >= 11 is 0. The van der Waals surface area contributed by atoms with Crippen LogP contribution >= 0.6 is 0 Å². The molecule has 1 aromatic heterocycles. The minimum absolute atomic E-state index is 0.0139. The van der Waals surface area contributed by atoms with Gasteiger partial charge in [-0.2, -0.15) is 0 Å². The molecule has 0 atom stereocenters. The first-order chi connectivity index (χ1) is 12.1. The van der Waals surface area contributed by atoms with E-state index < -0.39 is 17.5 Å². The van der Waals surface area contributed by atoms with Gasteiger partial charge in [-0.3, -0.25) is 14.4 Å². The Morgan fingerprint density at radius 3 is 2.68 bits per heavy atom. The number of ether oxygens (including phenoxy) is 1. The fraction of sp³-hybridized carbons (Fsp3) is 0.118. The molecule has 2 aromatic rings. The average Bonchev–Trinajstić information content (AvgIpc) is 2.64. The van der Waals surface area contributed by atoms with Gasteiger partial charge in [0.25, 0.3) is 0 Å². The van der Waals surface area contributed by atoms with Crippen LogP contribution < -0.4 is 15.4 Å². The number of hydrogen-bond donors (Lipinski definition) is 2. The Balaban J connectivity index is 1.65. The molecule has 8 nitrogen and oxygen atoms in total. The van der Waals surface area contributed by atoms with E-state index in [4.69, 9.17) is 4.74 Å². The van der Waals surface area contributed by atoms with Gasteiger partial charge in [0.15, 0.2) is 0 Å². The van der Waals surface area contributed by atoms with Gasteiger partial charge >= 0.3 is 0 Å². The van der Waals surface area contributed by atoms with Crippen molar-refractivity contribution >= 4 is 23.2 Å². The van der Waals surface area contributed by atoms with E-state index >= 15 is 0 Å². The fourth-order valence-electron chi connectivity index (χ4n) is 2.28. The highest BCUT2D eigenvalue weighted by molar-refractivity contribution is 6.23. The van der Waals surface area contributed by atoms with Gasteiger partial charge in [0, 0.05) is 30.2 Å². The molecule has 0 unspecified atom stereocenters. The van der Waals surface area contributed by atoms with Gasteiger partial charge in [-0.1, -0.05) is 6.07 Å². The van der Waals surface area contributed by atoms with Crippen LogP contribution in [0.4, 0.5) is 5.69 Å². The van der Waals surface area contributed by atoms with Crippen molar-refractivity contribution in [1.82, 2.24) is 15.3 Å². The van der Waals surface area contributed by atoms with Crippen molar-refractivity contribution in [2.24, 2.45) is 0 Å². The Morgan fingerprint density at radius 2 is 1.92 bits per heavy atom. The predicted molar refractivity (Wildman–Crippen MR) is 88.4 cm³/mol. The zero-order valence-electron chi connectivity index (χ0n) is 13.3. The van der Waals surface area contributed by atoms with Gasteiger partial charge in [0.2, 0.25) is 17.5 Å². The van der Waals surface area contributed by atoms with Crippen molar-refractivity contribution < 1.29 is 19.1 Å². The minimum atomic E-state index is -0.544. The monoisotopic (exact) mass is 338 g/mol. The molecule has 25 heavy (non-hydrogen) atoms. The summed E-state index contributed by atoms with van der Waals surface area (Å²) in [6.45, 7) is -0.0840. The van der Waals surface area contributed by atoms with Crippen LogP contribution in [0, 0.1) is 0 Å². The number of benzene rings is 1. The van der Waals surface area contributed by atoms with Crippen LogP contribution in [-0.2, 0) is 4.79 Å². The molecule has 0 spiro atoms. The summed E-state index contributed by atoms with van der Waals surface area (Å²) in [6, 6.07) is 7.06. The molecule has 0 aliphatic heterocycles. The van der Waals surface area contributed by atoms with Gasteiger partial charge in [-0.15, -0.1) is 0 Å². The summed E-state index contributed by atoms with van der Waals surface area (Å²) in [5.74, 6) is -0.838. The number of allylic oxidation sites excluding steroid dienone is 2. The summed E-state index contributed by atoms with van der Waals surface area (Å²) in [5.41, 5.74) is 0.493. The van der Waals surface area contributed by atoms with Crippen LogP contribution in [-0.4, -0.2) is 41.1 Å². The number of hydrogen-bond acceptors (Lipinski definition) is 7. The summed E-state index contributed by atoms with van der Waals surface area (Å²) in [7, 11) is 1.55. The van der Waals surface area contributed by atoms with Crippen LogP contribution in [0.25, 0.3) is 0 Å². The van der Waals surface area contributed by atoms with E-state index in [1.54, 1.807) is 31.4 Å². The molecule has 1 amide bonds. The maximum Gasteiger partial charge on any atom is 0.243 e. The highest BCUT2D eigenvalue weighted by Crippen LogP contribution is 2.17. The number of Topliss-reactive ketones (excluding diaryl/α,β-unsaturated/α-hetero) is 1. The van der Waals surface area contributed by atoms with Gasteiger partial charge in [-0.05, 0) is 12.1 Å². The number of nitrogens with zero attached hydrogens (tertiary/aromatic N) is 2. The number of carbonyl (C=O) groups is 3. The van der Waals surface area contributed by atoms with E-state index in [1.807, 2.05) is 0 Å². The van der Waals surface area contributed by atoms with E-state index in [1.165, 1.54) is 12.4 Å². The molecular formula is C17H14N4O4. The standard InChI is InChI=1S/C17H14N4O4/c1-25-11-4-2-3-10(7-11)20-9-14(23)21-12-8-13(22)15-16(17(12)24)19-6-5-18-15/h2-8,20H,9H2,1H3,(H,21,23). The molecule has 1 aliphatic rings. The SMILES string of the molecule is COc1cccc(NCC(=O)NC2=CC(=O)c3nccnc3C2=O)c1. The molecule has 126 valence electrons. The lowest BCUT2D eigenvalue weighted by Crippen LogP contribution is -2.35. The summed E-state index contributed by atoms with van der Waals surface area (Å²) in [6.07, 6.45) is 3.71. The zero-order chi connectivity index (χ0) is 17.8. The Kier molecular flexibility index (Phi) is 4.51. The highest BCUT2D eigenvalue weighted by Gasteiger charge is 2.28. The number of carbonyl (C=O) groups excluding carboxylic acids is 3. The molecule has 1 heterocycles. The quantitative estimate of drug-likeness (QED) is 0.836. The first-order valence-corrected chi connectivity index (χ1v) is 7.38. The molecule has 1 aliphatic carbocycles. The smallest absolute Gasteiger partial charge is 0.243 e. The van der Waals surface area contributed by atoms with Gasteiger partial charge in [-0.25, -0.2) is 9.97 Å². The lowest BCUT2D eigenvalue weighted by Gasteiger charge is -2.14. The van der Waals surface area contributed by atoms with E-state index in [-0.39, 0.29) is 23.6 Å². The number of rotatable bonds is 5. The lowest BCUT2D eigenvalue weighted by atomic mass is 10.0. The van der Waals surface area contributed by atoms with Gasteiger partial charge in [0.1, 0.15) is 17.1 Å².